The maximum Gasteiger partial charge on any atom is 0.304 e. The summed E-state index contributed by atoms with van der Waals surface area (Å²) in [7, 11) is 0. The van der Waals surface area contributed by atoms with Crippen molar-refractivity contribution in [1.29, 1.82) is 0 Å². The molecule has 0 aliphatic rings. The molecule has 1 atom stereocenters. The fourth-order valence-electron chi connectivity index (χ4n) is 1.07. The van der Waals surface area contributed by atoms with Crippen molar-refractivity contribution in [3.05, 3.63) is 35.9 Å². The molecule has 2 nitrogen and oxygen atoms in total. The second-order valence-electron chi connectivity index (χ2n) is 3.21. The van der Waals surface area contributed by atoms with Gasteiger partial charge < -0.3 is 5.11 Å². The molecule has 0 radical (unpaired) electrons. The number of carboxylic acids is 1. The van der Waals surface area contributed by atoms with Crippen LogP contribution >= 0.6 is 36.6 Å². The highest BCUT2D eigenvalue weighted by molar-refractivity contribution is 8.23. The van der Waals surface area contributed by atoms with Gasteiger partial charge in [0.1, 0.15) is 0 Å². The van der Waals surface area contributed by atoms with Gasteiger partial charge in [0.25, 0.3) is 0 Å². The lowest BCUT2D eigenvalue weighted by Gasteiger charge is -2.09. The van der Waals surface area contributed by atoms with E-state index in [0.29, 0.717) is 4.20 Å². The van der Waals surface area contributed by atoms with Crippen LogP contribution in [0.25, 0.3) is 0 Å². The van der Waals surface area contributed by atoms with Crippen molar-refractivity contribution in [3.8, 4) is 0 Å². The number of carbonyl (C=O) groups is 1. The predicted molar refractivity (Wildman–Crippen MR) is 75.4 cm³/mol. The second kappa shape index (κ2) is 6.93. The molecule has 1 rings (SSSR count). The summed E-state index contributed by atoms with van der Waals surface area (Å²) in [5.41, 5.74) is 1.17. The second-order valence-corrected chi connectivity index (χ2v) is 5.55. The lowest BCUT2D eigenvalue weighted by molar-refractivity contribution is -0.136. The first-order valence-corrected chi connectivity index (χ1v) is 6.61. The molecule has 1 N–H and O–H groups in total. The first kappa shape index (κ1) is 13.5. The minimum Gasteiger partial charge on any atom is -0.481 e. The van der Waals surface area contributed by atoms with Gasteiger partial charge in [-0.15, -0.1) is 11.8 Å². The Balaban J connectivity index is 2.38. The lowest BCUT2D eigenvalue weighted by atomic mass is 10.2. The van der Waals surface area contributed by atoms with Gasteiger partial charge in [-0.1, -0.05) is 42.5 Å². The molecule has 0 heterocycles. The minimum atomic E-state index is -0.873. The van der Waals surface area contributed by atoms with E-state index in [0.717, 1.165) is 5.75 Å². The molecule has 1 aromatic rings. The Morgan fingerprint density at radius 3 is 2.62 bits per heavy atom. The highest BCUT2D eigenvalue weighted by Crippen LogP contribution is 2.20. The number of carboxylic acid groups (broad SMARTS) is 1. The number of thiocarbonyl (C=S) groups is 1. The highest BCUT2D eigenvalue weighted by Gasteiger charge is 2.14. The molecule has 1 unspecified atom stereocenters. The van der Waals surface area contributed by atoms with Crippen LogP contribution in [-0.2, 0) is 10.5 Å². The van der Waals surface area contributed by atoms with Crippen molar-refractivity contribution < 1.29 is 9.90 Å². The van der Waals surface area contributed by atoms with Gasteiger partial charge in [-0.2, -0.15) is 12.6 Å². The van der Waals surface area contributed by atoms with Gasteiger partial charge in [-0.25, -0.2) is 0 Å². The Hall–Kier alpha value is -0.520. The summed E-state index contributed by atoms with van der Waals surface area (Å²) in [6, 6.07) is 9.92. The molecule has 0 saturated carbocycles. The molecule has 0 aliphatic heterocycles. The maximum absolute atomic E-state index is 10.5. The molecule has 86 valence electrons. The molecule has 0 aromatic heterocycles. The molecule has 0 bridgehead atoms. The van der Waals surface area contributed by atoms with E-state index in [4.69, 9.17) is 17.3 Å². The van der Waals surface area contributed by atoms with Crippen molar-refractivity contribution >= 4 is 46.8 Å². The smallest absolute Gasteiger partial charge is 0.304 e. The van der Waals surface area contributed by atoms with Crippen LogP contribution in [0.2, 0.25) is 0 Å². The molecular formula is C11H12O2S3. The van der Waals surface area contributed by atoms with Gasteiger partial charge in [0.15, 0.2) is 0 Å². The minimum absolute atomic E-state index is 0.0241. The van der Waals surface area contributed by atoms with Gasteiger partial charge in [0.05, 0.1) is 15.9 Å². The summed E-state index contributed by atoms with van der Waals surface area (Å²) in [5.74, 6) is -0.112. The Morgan fingerprint density at radius 2 is 2.06 bits per heavy atom. The highest BCUT2D eigenvalue weighted by atomic mass is 32.2. The van der Waals surface area contributed by atoms with E-state index < -0.39 is 5.97 Å². The van der Waals surface area contributed by atoms with E-state index in [1.165, 1.54) is 17.3 Å². The maximum atomic E-state index is 10.5. The Morgan fingerprint density at radius 1 is 1.44 bits per heavy atom. The van der Waals surface area contributed by atoms with Crippen LogP contribution in [0.5, 0.6) is 0 Å². The number of hydrogen-bond acceptors (Lipinski definition) is 4. The van der Waals surface area contributed by atoms with Crippen molar-refractivity contribution in [2.24, 2.45) is 0 Å². The van der Waals surface area contributed by atoms with E-state index in [1.807, 2.05) is 30.3 Å². The van der Waals surface area contributed by atoms with Crippen LogP contribution in [0, 0.1) is 0 Å². The van der Waals surface area contributed by atoms with Crippen LogP contribution < -0.4 is 0 Å². The van der Waals surface area contributed by atoms with Crippen LogP contribution in [0.1, 0.15) is 12.0 Å². The van der Waals surface area contributed by atoms with Crippen LogP contribution in [0.3, 0.4) is 0 Å². The first-order chi connectivity index (χ1) is 7.59. The molecule has 5 heteroatoms. The lowest BCUT2D eigenvalue weighted by Crippen LogP contribution is -2.14. The van der Waals surface area contributed by atoms with Gasteiger partial charge in [0.2, 0.25) is 0 Å². The summed E-state index contributed by atoms with van der Waals surface area (Å²) >= 11 is 10.8. The van der Waals surface area contributed by atoms with Gasteiger partial charge in [-0.05, 0) is 5.56 Å². The van der Waals surface area contributed by atoms with Crippen molar-refractivity contribution in [1.82, 2.24) is 0 Å². The van der Waals surface area contributed by atoms with Crippen LogP contribution in [0.15, 0.2) is 30.3 Å². The van der Waals surface area contributed by atoms with E-state index in [2.05, 4.69) is 12.6 Å². The van der Waals surface area contributed by atoms with Crippen LogP contribution in [0.4, 0.5) is 0 Å². The van der Waals surface area contributed by atoms with Crippen molar-refractivity contribution in [2.75, 3.05) is 0 Å². The number of thioether (sulfide) groups is 1. The summed E-state index contributed by atoms with van der Waals surface area (Å²) in [6.45, 7) is 0. The molecule has 1 aromatic carbocycles. The Labute approximate surface area is 110 Å². The quantitative estimate of drug-likeness (QED) is 0.638. The zero-order chi connectivity index (χ0) is 12.0. The zero-order valence-electron chi connectivity index (χ0n) is 8.50. The van der Waals surface area contributed by atoms with Crippen LogP contribution in [-0.4, -0.2) is 20.5 Å². The number of benzene rings is 1. The summed E-state index contributed by atoms with van der Waals surface area (Å²) in [4.78, 5) is 10.5. The molecule has 0 amide bonds. The molecule has 16 heavy (non-hydrogen) atoms. The third-order valence-corrected chi connectivity index (χ3v) is 4.34. The topological polar surface area (TPSA) is 37.3 Å². The number of thiol groups is 1. The standard InChI is InChI=1S/C11H12O2S3/c12-10(13)6-9(14)11(15)16-7-8-4-2-1-3-5-8/h1-5,9,14H,6-7H2,(H,12,13). The van der Waals surface area contributed by atoms with E-state index >= 15 is 0 Å². The predicted octanol–water partition coefficient (Wildman–Crippen LogP) is 3.02. The molecule has 0 spiro atoms. The summed E-state index contributed by atoms with van der Waals surface area (Å²) < 4.78 is 0.634. The first-order valence-electron chi connectivity index (χ1n) is 4.70. The Bertz CT molecular complexity index is 365. The van der Waals surface area contributed by atoms with E-state index in [1.54, 1.807) is 0 Å². The number of hydrogen-bond donors (Lipinski definition) is 2. The SMILES string of the molecule is O=C(O)CC(S)C(=S)SCc1ccccc1. The molecule has 0 aliphatic carbocycles. The summed E-state index contributed by atoms with van der Waals surface area (Å²) in [6.07, 6.45) is -0.0241. The zero-order valence-corrected chi connectivity index (χ0v) is 11.0. The van der Waals surface area contributed by atoms with E-state index in [9.17, 15) is 4.79 Å². The van der Waals surface area contributed by atoms with E-state index in [-0.39, 0.29) is 11.7 Å². The molecule has 0 fully saturated rings. The molecule has 0 saturated heterocycles. The third-order valence-electron chi connectivity index (χ3n) is 1.86. The fourth-order valence-corrected chi connectivity index (χ4v) is 2.49. The summed E-state index contributed by atoms with van der Waals surface area (Å²) in [5, 5.41) is 8.24. The van der Waals surface area contributed by atoms with Gasteiger partial charge in [-0.3, -0.25) is 4.79 Å². The van der Waals surface area contributed by atoms with Gasteiger partial charge >= 0.3 is 5.97 Å². The number of aliphatic carboxylic acids is 1. The fraction of sp³-hybridized carbons (Fsp3) is 0.273. The Kier molecular flexibility index (Phi) is 5.87. The van der Waals surface area contributed by atoms with Crippen molar-refractivity contribution in [2.45, 2.75) is 17.4 Å². The number of rotatable bonds is 5. The van der Waals surface area contributed by atoms with Gasteiger partial charge in [0, 0.05) is 5.75 Å². The molecular weight excluding hydrogens is 260 g/mol. The average molecular weight is 272 g/mol. The largest absolute Gasteiger partial charge is 0.481 e. The monoisotopic (exact) mass is 272 g/mol. The normalized spacial score (nSPS) is 12.1. The average Bonchev–Trinajstić information content (AvgIpc) is 2.26. The van der Waals surface area contributed by atoms with Crippen molar-refractivity contribution in [3.63, 3.8) is 0 Å². The third kappa shape index (κ3) is 5.01.